The Morgan fingerprint density at radius 1 is 1.24 bits per heavy atom. The second-order valence-corrected chi connectivity index (χ2v) is 11.0. The minimum atomic E-state index is -0.942. The number of carbonyl (C=O) groups is 3. The summed E-state index contributed by atoms with van der Waals surface area (Å²) >= 11 is 0. The maximum absolute atomic E-state index is 13.6. The quantitative estimate of drug-likeness (QED) is 0.546. The van der Waals surface area contributed by atoms with Crippen molar-refractivity contribution in [3.63, 3.8) is 0 Å². The van der Waals surface area contributed by atoms with Gasteiger partial charge in [0, 0.05) is 11.2 Å². The first-order chi connectivity index (χ1) is 15.3. The molecular formula is C26H34N2O5. The van der Waals surface area contributed by atoms with Gasteiger partial charge < -0.3 is 19.7 Å². The smallest absolute Gasteiger partial charge is 0.313 e. The Morgan fingerprint density at radius 2 is 1.94 bits per heavy atom. The Kier molecular flexibility index (Phi) is 5.68. The summed E-state index contributed by atoms with van der Waals surface area (Å²) in [6.07, 6.45) is 2.30. The van der Waals surface area contributed by atoms with Gasteiger partial charge in [-0.2, -0.15) is 0 Å². The molecule has 5 atom stereocenters. The third-order valence-corrected chi connectivity index (χ3v) is 6.62. The third-order valence-electron chi connectivity index (χ3n) is 6.62. The maximum Gasteiger partial charge on any atom is 0.313 e. The summed E-state index contributed by atoms with van der Waals surface area (Å²) in [6.45, 7) is 13.6. The molecule has 2 bridgehead atoms. The van der Waals surface area contributed by atoms with Crippen molar-refractivity contribution < 1.29 is 23.9 Å². The zero-order valence-corrected chi connectivity index (χ0v) is 20.5. The van der Waals surface area contributed by atoms with Gasteiger partial charge in [-0.3, -0.25) is 14.4 Å². The van der Waals surface area contributed by atoms with Crippen molar-refractivity contribution in [2.45, 2.75) is 71.8 Å². The van der Waals surface area contributed by atoms with Crippen LogP contribution >= 0.6 is 0 Å². The second-order valence-electron chi connectivity index (χ2n) is 11.0. The molecule has 2 fully saturated rings. The lowest BCUT2D eigenvalue weighted by Crippen LogP contribution is -2.50. The fourth-order valence-electron chi connectivity index (χ4n) is 5.22. The Morgan fingerprint density at radius 3 is 2.55 bits per heavy atom. The minimum absolute atomic E-state index is 0.143. The van der Waals surface area contributed by atoms with Crippen LogP contribution in [0.2, 0.25) is 0 Å². The molecule has 33 heavy (non-hydrogen) atoms. The topological polar surface area (TPSA) is 84.9 Å². The zero-order valence-electron chi connectivity index (χ0n) is 20.5. The number of carbonyl (C=O) groups excluding carboxylic acids is 3. The highest BCUT2D eigenvalue weighted by Crippen LogP contribution is 2.53. The summed E-state index contributed by atoms with van der Waals surface area (Å²) in [5.41, 5.74) is 1.65. The average Bonchev–Trinajstić information content (AvgIpc) is 3.32. The number of esters is 1. The van der Waals surface area contributed by atoms with E-state index in [1.807, 2.05) is 78.8 Å². The standard InChI is InChI=1S/C26H34N2O5/c1-14(2)21(22(29)27-25(5,6)7)32-24(31)19-18-10-11-26(33-18)13-28(23(30)20(19)26)17-9-8-15(3)12-16(17)4/h8-12,14,18-21H,13H2,1-7H3,(H,27,29). The van der Waals surface area contributed by atoms with Crippen LogP contribution in [-0.2, 0) is 23.9 Å². The molecule has 0 aliphatic carbocycles. The van der Waals surface area contributed by atoms with Crippen molar-refractivity contribution in [3.05, 3.63) is 41.5 Å². The number of ether oxygens (including phenoxy) is 2. The normalized spacial score (nSPS) is 28.9. The lowest BCUT2D eigenvalue weighted by molar-refractivity contribution is -0.165. The van der Waals surface area contributed by atoms with E-state index >= 15 is 0 Å². The van der Waals surface area contributed by atoms with E-state index in [-0.39, 0.29) is 17.7 Å². The highest BCUT2D eigenvalue weighted by molar-refractivity contribution is 6.03. The lowest BCUT2D eigenvalue weighted by atomic mass is 9.77. The predicted molar refractivity (Wildman–Crippen MR) is 125 cm³/mol. The van der Waals surface area contributed by atoms with Gasteiger partial charge in [0.2, 0.25) is 5.91 Å². The number of aryl methyl sites for hydroxylation is 2. The van der Waals surface area contributed by atoms with Crippen LogP contribution in [-0.4, -0.2) is 47.7 Å². The van der Waals surface area contributed by atoms with Gasteiger partial charge in [0.25, 0.3) is 5.91 Å². The summed E-state index contributed by atoms with van der Waals surface area (Å²) < 4.78 is 12.0. The minimum Gasteiger partial charge on any atom is -0.452 e. The zero-order chi connectivity index (χ0) is 24.3. The Labute approximate surface area is 195 Å². The fraction of sp³-hybridized carbons (Fsp3) is 0.577. The molecule has 4 rings (SSSR count). The van der Waals surface area contributed by atoms with Gasteiger partial charge in [-0.05, 0) is 52.2 Å². The lowest BCUT2D eigenvalue weighted by Gasteiger charge is -2.29. The van der Waals surface area contributed by atoms with Crippen LogP contribution in [0, 0.1) is 31.6 Å². The van der Waals surface area contributed by atoms with Crippen molar-refractivity contribution in [1.29, 1.82) is 0 Å². The van der Waals surface area contributed by atoms with E-state index in [2.05, 4.69) is 5.32 Å². The largest absolute Gasteiger partial charge is 0.452 e. The van der Waals surface area contributed by atoms with Crippen LogP contribution in [0.4, 0.5) is 5.69 Å². The van der Waals surface area contributed by atoms with Crippen LogP contribution in [0.1, 0.15) is 45.7 Å². The molecule has 3 aliphatic rings. The molecular weight excluding hydrogens is 420 g/mol. The Bertz CT molecular complexity index is 1020. The first-order valence-electron chi connectivity index (χ1n) is 11.6. The van der Waals surface area contributed by atoms with Gasteiger partial charge in [-0.15, -0.1) is 0 Å². The number of benzene rings is 1. The molecule has 178 valence electrons. The average molecular weight is 455 g/mol. The summed E-state index contributed by atoms with van der Waals surface area (Å²) in [4.78, 5) is 41.5. The number of amides is 2. The number of nitrogens with one attached hydrogen (secondary N) is 1. The molecule has 5 unspecified atom stereocenters. The molecule has 7 nitrogen and oxygen atoms in total. The summed E-state index contributed by atoms with van der Waals surface area (Å²) in [6, 6.07) is 5.95. The summed E-state index contributed by atoms with van der Waals surface area (Å²) in [5, 5.41) is 2.89. The molecule has 0 aromatic heterocycles. The second kappa shape index (κ2) is 7.97. The first-order valence-corrected chi connectivity index (χ1v) is 11.6. The van der Waals surface area contributed by atoms with Gasteiger partial charge in [0.15, 0.2) is 6.10 Å². The van der Waals surface area contributed by atoms with Gasteiger partial charge in [-0.1, -0.05) is 43.7 Å². The molecule has 0 radical (unpaired) electrons. The molecule has 2 amide bonds. The van der Waals surface area contributed by atoms with Crippen molar-refractivity contribution in [3.8, 4) is 0 Å². The van der Waals surface area contributed by atoms with Gasteiger partial charge in [0.05, 0.1) is 18.6 Å². The molecule has 3 heterocycles. The van der Waals surface area contributed by atoms with E-state index in [1.165, 1.54) is 0 Å². The summed E-state index contributed by atoms with van der Waals surface area (Å²) in [5.74, 6) is -2.70. The van der Waals surface area contributed by atoms with Crippen LogP contribution in [0.25, 0.3) is 0 Å². The number of nitrogens with zero attached hydrogens (tertiary/aromatic N) is 1. The van der Waals surface area contributed by atoms with E-state index in [1.54, 1.807) is 4.90 Å². The molecule has 1 aromatic rings. The van der Waals surface area contributed by atoms with Crippen molar-refractivity contribution in [2.75, 3.05) is 11.4 Å². The predicted octanol–water partition coefficient (Wildman–Crippen LogP) is 3.07. The number of rotatable bonds is 5. The highest BCUT2D eigenvalue weighted by Gasteiger charge is 2.67. The number of hydrogen-bond acceptors (Lipinski definition) is 5. The number of fused-ring (bicyclic) bond motifs is 1. The maximum atomic E-state index is 13.6. The van der Waals surface area contributed by atoms with E-state index < -0.39 is 41.2 Å². The molecule has 0 saturated carbocycles. The molecule has 1 N–H and O–H groups in total. The van der Waals surface area contributed by atoms with Crippen molar-refractivity contribution >= 4 is 23.5 Å². The molecule has 1 aromatic carbocycles. The van der Waals surface area contributed by atoms with Crippen LogP contribution in [0.3, 0.4) is 0 Å². The number of anilines is 1. The van der Waals surface area contributed by atoms with Gasteiger partial charge in [0.1, 0.15) is 11.5 Å². The summed E-state index contributed by atoms with van der Waals surface area (Å²) in [7, 11) is 0. The monoisotopic (exact) mass is 454 g/mol. The molecule has 3 aliphatic heterocycles. The Balaban J connectivity index is 1.58. The van der Waals surface area contributed by atoms with Crippen LogP contribution in [0.15, 0.2) is 30.4 Å². The molecule has 1 spiro atoms. The van der Waals surface area contributed by atoms with Crippen molar-refractivity contribution in [2.24, 2.45) is 17.8 Å². The van der Waals surface area contributed by atoms with E-state index in [0.717, 1.165) is 16.8 Å². The van der Waals surface area contributed by atoms with E-state index in [4.69, 9.17) is 9.47 Å². The Hall–Kier alpha value is -2.67. The number of hydrogen-bond donors (Lipinski definition) is 1. The van der Waals surface area contributed by atoms with E-state index in [9.17, 15) is 14.4 Å². The molecule has 7 heteroatoms. The van der Waals surface area contributed by atoms with Gasteiger partial charge in [-0.25, -0.2) is 0 Å². The van der Waals surface area contributed by atoms with Crippen LogP contribution < -0.4 is 10.2 Å². The first kappa shape index (κ1) is 23.5. The third kappa shape index (κ3) is 4.07. The van der Waals surface area contributed by atoms with Gasteiger partial charge >= 0.3 is 5.97 Å². The fourth-order valence-corrected chi connectivity index (χ4v) is 5.22. The van der Waals surface area contributed by atoms with Crippen molar-refractivity contribution in [1.82, 2.24) is 5.32 Å². The SMILES string of the molecule is Cc1ccc(N2CC34C=CC(O3)C(C(=O)OC(C(=O)NC(C)(C)C)C(C)C)C4C2=O)c(C)c1. The van der Waals surface area contributed by atoms with Crippen LogP contribution in [0.5, 0.6) is 0 Å². The highest BCUT2D eigenvalue weighted by atomic mass is 16.6. The van der Waals surface area contributed by atoms with E-state index in [0.29, 0.717) is 6.54 Å². The molecule has 2 saturated heterocycles.